The highest BCUT2D eigenvalue weighted by atomic mass is 32.2. The molecule has 142 valence electrons. The lowest BCUT2D eigenvalue weighted by Gasteiger charge is -2.12. The number of fused-ring (bicyclic) bond motifs is 1. The number of rotatable bonds is 8. The summed E-state index contributed by atoms with van der Waals surface area (Å²) in [6, 6.07) is 18.5. The van der Waals surface area contributed by atoms with Crippen LogP contribution in [-0.2, 0) is 10.0 Å². The summed E-state index contributed by atoms with van der Waals surface area (Å²) in [4.78, 5) is 4.96. The number of hydrogen-bond acceptors (Lipinski definition) is 4. The normalized spacial score (nSPS) is 12.8. The topological polar surface area (TPSA) is 68.3 Å². The summed E-state index contributed by atoms with van der Waals surface area (Å²) >= 11 is 0. The van der Waals surface area contributed by atoms with Gasteiger partial charge in [-0.1, -0.05) is 31.2 Å². The van der Waals surface area contributed by atoms with Gasteiger partial charge in [0.1, 0.15) is 5.75 Å². The average molecular weight is 385 g/mol. The average Bonchev–Trinajstić information content (AvgIpc) is 2.70. The molecule has 0 spiro atoms. The van der Waals surface area contributed by atoms with E-state index in [1.165, 1.54) is 0 Å². The molecule has 0 aliphatic heterocycles. The Bertz CT molecular complexity index is 1000. The van der Waals surface area contributed by atoms with E-state index in [9.17, 15) is 8.42 Å². The molecule has 0 aliphatic carbocycles. The summed E-state index contributed by atoms with van der Waals surface area (Å²) in [6.07, 6.45) is 1.60. The third-order valence-electron chi connectivity index (χ3n) is 4.60. The number of methoxy groups -OCH3 is 1. The van der Waals surface area contributed by atoms with Gasteiger partial charge in [-0.05, 0) is 55.2 Å². The van der Waals surface area contributed by atoms with Crippen LogP contribution in [-0.4, -0.2) is 27.1 Å². The molecule has 3 rings (SSSR count). The van der Waals surface area contributed by atoms with Crippen molar-refractivity contribution in [3.05, 3.63) is 66.4 Å². The third kappa shape index (κ3) is 4.84. The lowest BCUT2D eigenvalue weighted by atomic mass is 10.0. The fourth-order valence-corrected chi connectivity index (χ4v) is 4.03. The van der Waals surface area contributed by atoms with Crippen molar-refractivity contribution in [3.63, 3.8) is 0 Å². The smallest absolute Gasteiger partial charge is 0.240 e. The number of nitrogens with zero attached hydrogens (tertiary/aromatic N) is 1. The van der Waals surface area contributed by atoms with Crippen molar-refractivity contribution in [1.29, 1.82) is 0 Å². The molecule has 0 amide bonds. The lowest BCUT2D eigenvalue weighted by Crippen LogP contribution is -2.25. The Morgan fingerprint density at radius 1 is 1.04 bits per heavy atom. The second-order valence-electron chi connectivity index (χ2n) is 6.55. The van der Waals surface area contributed by atoms with E-state index in [1.807, 2.05) is 24.3 Å². The number of hydrogen-bond donors (Lipinski definition) is 1. The van der Waals surface area contributed by atoms with Gasteiger partial charge in [0.15, 0.2) is 0 Å². The van der Waals surface area contributed by atoms with Crippen molar-refractivity contribution in [2.75, 3.05) is 13.7 Å². The molecule has 0 bridgehead atoms. The van der Waals surface area contributed by atoms with Crippen LogP contribution in [0.2, 0.25) is 0 Å². The second-order valence-corrected chi connectivity index (χ2v) is 8.31. The first kappa shape index (κ1) is 19.3. The molecule has 5 nitrogen and oxygen atoms in total. The molecule has 1 N–H and O–H groups in total. The molecule has 1 aromatic heterocycles. The van der Waals surface area contributed by atoms with E-state index in [4.69, 9.17) is 9.72 Å². The summed E-state index contributed by atoms with van der Waals surface area (Å²) in [5, 5.41) is 1.13. The zero-order valence-corrected chi connectivity index (χ0v) is 16.4. The van der Waals surface area contributed by atoms with Crippen LogP contribution in [0.3, 0.4) is 0 Å². The van der Waals surface area contributed by atoms with Gasteiger partial charge in [-0.3, -0.25) is 4.98 Å². The molecule has 2 aromatic carbocycles. The number of para-hydroxylation sites is 1. The predicted octanol–water partition coefficient (Wildman–Crippen LogP) is 4.11. The number of sulfonamides is 1. The van der Waals surface area contributed by atoms with E-state index in [-0.39, 0.29) is 10.8 Å². The standard InChI is InChI=1S/C21H24N2O3S/c1-16(20-14-9-17-7-3-4-8-21(17)23-20)6-5-15-22-27(24,25)19-12-10-18(26-2)11-13-19/h3-4,7-14,16,22H,5-6,15H2,1-2H3. The van der Waals surface area contributed by atoms with Crippen LogP contribution in [0.4, 0.5) is 0 Å². The van der Waals surface area contributed by atoms with Gasteiger partial charge in [0.05, 0.1) is 17.5 Å². The van der Waals surface area contributed by atoms with Crippen LogP contribution in [0, 0.1) is 0 Å². The molecule has 0 radical (unpaired) electrons. The highest BCUT2D eigenvalue weighted by Gasteiger charge is 2.14. The molecule has 6 heteroatoms. The Balaban J connectivity index is 1.53. The number of nitrogens with one attached hydrogen (secondary N) is 1. The molecule has 1 atom stereocenters. The summed E-state index contributed by atoms with van der Waals surface area (Å²) in [6.45, 7) is 2.52. The van der Waals surface area contributed by atoms with Crippen molar-refractivity contribution >= 4 is 20.9 Å². The molecular formula is C21H24N2O3S. The molecule has 3 aromatic rings. The van der Waals surface area contributed by atoms with Crippen LogP contribution in [0.5, 0.6) is 5.75 Å². The number of aromatic nitrogens is 1. The Hall–Kier alpha value is -2.44. The molecule has 27 heavy (non-hydrogen) atoms. The summed E-state index contributed by atoms with van der Waals surface area (Å²) in [7, 11) is -1.95. The number of ether oxygens (including phenoxy) is 1. The van der Waals surface area contributed by atoms with Gasteiger partial charge in [0.2, 0.25) is 10.0 Å². The maximum absolute atomic E-state index is 12.3. The minimum absolute atomic E-state index is 0.243. The van der Waals surface area contributed by atoms with Crippen molar-refractivity contribution in [1.82, 2.24) is 9.71 Å². The number of pyridine rings is 1. The summed E-state index contributed by atoms with van der Waals surface area (Å²) in [5.74, 6) is 0.894. The first-order valence-electron chi connectivity index (χ1n) is 8.99. The number of benzene rings is 2. The van der Waals surface area contributed by atoms with Gasteiger partial charge in [-0.15, -0.1) is 0 Å². The van der Waals surface area contributed by atoms with Gasteiger partial charge < -0.3 is 4.74 Å². The fourth-order valence-electron chi connectivity index (χ4n) is 2.96. The van der Waals surface area contributed by atoms with Gasteiger partial charge in [0, 0.05) is 17.6 Å². The van der Waals surface area contributed by atoms with E-state index >= 15 is 0 Å². The van der Waals surface area contributed by atoms with Gasteiger partial charge in [0.25, 0.3) is 0 Å². The van der Waals surface area contributed by atoms with Crippen LogP contribution < -0.4 is 9.46 Å². The van der Waals surface area contributed by atoms with Gasteiger partial charge in [-0.25, -0.2) is 13.1 Å². The molecule has 0 saturated heterocycles. The van der Waals surface area contributed by atoms with Crippen LogP contribution in [0.15, 0.2) is 65.6 Å². The van der Waals surface area contributed by atoms with E-state index in [2.05, 4.69) is 23.8 Å². The Morgan fingerprint density at radius 3 is 2.52 bits per heavy atom. The Morgan fingerprint density at radius 2 is 1.78 bits per heavy atom. The molecular weight excluding hydrogens is 360 g/mol. The summed E-state index contributed by atoms with van der Waals surface area (Å²) < 4.78 is 32.4. The fraction of sp³-hybridized carbons (Fsp3) is 0.286. The van der Waals surface area contributed by atoms with E-state index in [0.717, 1.165) is 29.4 Å². The minimum Gasteiger partial charge on any atom is -0.497 e. The minimum atomic E-state index is -3.50. The molecule has 1 unspecified atom stereocenters. The van der Waals surface area contributed by atoms with Gasteiger partial charge >= 0.3 is 0 Å². The van der Waals surface area contributed by atoms with Crippen molar-refractivity contribution in [2.45, 2.75) is 30.6 Å². The largest absolute Gasteiger partial charge is 0.497 e. The molecule has 1 heterocycles. The Labute approximate surface area is 160 Å². The second kappa shape index (κ2) is 8.50. The van der Waals surface area contributed by atoms with Crippen LogP contribution in [0.25, 0.3) is 10.9 Å². The lowest BCUT2D eigenvalue weighted by molar-refractivity contribution is 0.414. The maximum atomic E-state index is 12.3. The monoisotopic (exact) mass is 384 g/mol. The van der Waals surface area contributed by atoms with Gasteiger partial charge in [-0.2, -0.15) is 0 Å². The zero-order chi connectivity index (χ0) is 19.3. The van der Waals surface area contributed by atoms with Crippen LogP contribution in [0.1, 0.15) is 31.4 Å². The maximum Gasteiger partial charge on any atom is 0.240 e. The SMILES string of the molecule is COc1ccc(S(=O)(=O)NCCCC(C)c2ccc3ccccc3n2)cc1. The highest BCUT2D eigenvalue weighted by Crippen LogP contribution is 2.22. The quantitative estimate of drug-likeness (QED) is 0.594. The van der Waals surface area contributed by atoms with E-state index in [1.54, 1.807) is 31.4 Å². The Kier molecular flexibility index (Phi) is 6.08. The third-order valence-corrected chi connectivity index (χ3v) is 6.08. The van der Waals surface area contributed by atoms with Crippen molar-refractivity contribution in [3.8, 4) is 5.75 Å². The molecule has 0 saturated carbocycles. The zero-order valence-electron chi connectivity index (χ0n) is 15.6. The first-order valence-corrected chi connectivity index (χ1v) is 10.5. The predicted molar refractivity (Wildman–Crippen MR) is 108 cm³/mol. The van der Waals surface area contributed by atoms with Crippen molar-refractivity contribution in [2.24, 2.45) is 0 Å². The van der Waals surface area contributed by atoms with Crippen molar-refractivity contribution < 1.29 is 13.2 Å². The van der Waals surface area contributed by atoms with E-state index < -0.39 is 10.0 Å². The highest BCUT2D eigenvalue weighted by molar-refractivity contribution is 7.89. The van der Waals surface area contributed by atoms with E-state index in [0.29, 0.717) is 12.3 Å². The summed E-state index contributed by atoms with van der Waals surface area (Å²) in [5.41, 5.74) is 2.02. The molecule has 0 aliphatic rings. The first-order chi connectivity index (χ1) is 13.0. The van der Waals surface area contributed by atoms with Crippen LogP contribution >= 0.6 is 0 Å². The molecule has 0 fully saturated rings.